The fourth-order valence-corrected chi connectivity index (χ4v) is 4.61. The van der Waals surface area contributed by atoms with Gasteiger partial charge in [-0.3, -0.25) is 4.79 Å². The third-order valence-corrected chi connectivity index (χ3v) is 6.69. The van der Waals surface area contributed by atoms with Crippen molar-refractivity contribution >= 4 is 11.4 Å². The van der Waals surface area contributed by atoms with Gasteiger partial charge < -0.3 is 0 Å². The lowest BCUT2D eigenvalue weighted by atomic mass is 9.63. The van der Waals surface area contributed by atoms with Crippen LogP contribution in [0.1, 0.15) is 96.8 Å². The molecule has 1 aromatic rings. The molecule has 26 heavy (non-hydrogen) atoms. The second kappa shape index (κ2) is 6.83. The molecule has 0 aliphatic heterocycles. The Balaban J connectivity index is 2.04. The number of hydrogen-bond donors (Lipinski definition) is 0. The van der Waals surface area contributed by atoms with Gasteiger partial charge in [-0.25, -0.2) is 0 Å². The van der Waals surface area contributed by atoms with Crippen molar-refractivity contribution in [3.05, 3.63) is 52.1 Å². The van der Waals surface area contributed by atoms with Crippen molar-refractivity contribution in [1.82, 2.24) is 0 Å². The minimum atomic E-state index is 0.214. The second-order valence-corrected chi connectivity index (χ2v) is 9.57. The van der Waals surface area contributed by atoms with Crippen LogP contribution in [0.2, 0.25) is 0 Å². The third-order valence-electron chi connectivity index (χ3n) is 6.69. The lowest BCUT2D eigenvalue weighted by Gasteiger charge is -2.42. The molecule has 2 aliphatic rings. The molecule has 3 rings (SSSR count). The lowest BCUT2D eigenvalue weighted by molar-refractivity contribution is -0.115. The first-order chi connectivity index (χ1) is 12.2. The van der Waals surface area contributed by atoms with E-state index in [-0.39, 0.29) is 10.8 Å². The summed E-state index contributed by atoms with van der Waals surface area (Å²) in [6.07, 6.45) is 8.17. The number of rotatable bonds is 4. The summed E-state index contributed by atoms with van der Waals surface area (Å²) < 4.78 is 0. The van der Waals surface area contributed by atoms with Gasteiger partial charge in [0.2, 0.25) is 0 Å². The second-order valence-electron chi connectivity index (χ2n) is 9.57. The van der Waals surface area contributed by atoms with E-state index in [4.69, 9.17) is 0 Å². The Morgan fingerprint density at radius 3 is 2.35 bits per heavy atom. The van der Waals surface area contributed by atoms with Gasteiger partial charge in [0.05, 0.1) is 0 Å². The molecular weight excluding hydrogens is 316 g/mol. The normalized spacial score (nSPS) is 21.7. The van der Waals surface area contributed by atoms with Crippen LogP contribution < -0.4 is 0 Å². The summed E-state index contributed by atoms with van der Waals surface area (Å²) in [4.78, 5) is 12.8. The molecule has 2 aliphatic carbocycles. The molecule has 0 radical (unpaired) electrons. The van der Waals surface area contributed by atoms with Crippen LogP contribution in [0, 0.1) is 0 Å². The first-order valence-corrected chi connectivity index (χ1v) is 10.2. The quantitative estimate of drug-likeness (QED) is 0.540. The molecule has 0 amide bonds. The number of carbonyl (C=O) groups excluding carboxylic acids is 1. The molecule has 0 spiro atoms. The summed E-state index contributed by atoms with van der Waals surface area (Å²) in [6, 6.07) is 7.03. The minimum absolute atomic E-state index is 0.214. The summed E-state index contributed by atoms with van der Waals surface area (Å²) in [5, 5.41) is 0. The first-order valence-electron chi connectivity index (χ1n) is 10.2. The van der Waals surface area contributed by atoms with Crippen molar-refractivity contribution in [2.24, 2.45) is 0 Å². The number of carbonyl (C=O) groups is 1. The van der Waals surface area contributed by atoms with Gasteiger partial charge in [0.25, 0.3) is 0 Å². The topological polar surface area (TPSA) is 17.1 Å². The Hall–Kier alpha value is -1.63. The number of ketones is 1. The van der Waals surface area contributed by atoms with Crippen LogP contribution in [0.15, 0.2) is 35.4 Å². The average molecular weight is 351 g/mol. The molecule has 0 aromatic heterocycles. The highest BCUT2D eigenvalue weighted by atomic mass is 16.1. The summed E-state index contributed by atoms with van der Waals surface area (Å²) in [6.45, 7) is 13.5. The Bertz CT molecular complexity index is 786. The molecule has 0 heterocycles. The Kier molecular flexibility index (Phi) is 5.03. The summed E-state index contributed by atoms with van der Waals surface area (Å²) in [5.41, 5.74) is 8.28. The molecule has 140 valence electrons. The van der Waals surface area contributed by atoms with E-state index in [9.17, 15) is 4.79 Å². The smallest absolute Gasteiger partial charge is 0.163 e. The molecular formula is C25H34O. The van der Waals surface area contributed by atoms with Crippen LogP contribution in [0.4, 0.5) is 0 Å². The van der Waals surface area contributed by atoms with Gasteiger partial charge in [-0.15, -0.1) is 0 Å². The maximum Gasteiger partial charge on any atom is 0.163 e. The van der Waals surface area contributed by atoms with Crippen LogP contribution in [0.5, 0.6) is 0 Å². The molecule has 0 saturated carbocycles. The fourth-order valence-electron chi connectivity index (χ4n) is 4.61. The van der Waals surface area contributed by atoms with E-state index in [0.717, 1.165) is 24.8 Å². The van der Waals surface area contributed by atoms with E-state index in [1.807, 2.05) is 6.92 Å². The maximum atomic E-state index is 12.8. The zero-order valence-corrected chi connectivity index (χ0v) is 17.5. The number of fused-ring (bicyclic) bond motifs is 1. The van der Waals surface area contributed by atoms with Crippen LogP contribution in [-0.4, -0.2) is 5.78 Å². The van der Waals surface area contributed by atoms with Crippen LogP contribution in [0.25, 0.3) is 5.57 Å². The van der Waals surface area contributed by atoms with Crippen molar-refractivity contribution in [1.29, 1.82) is 0 Å². The Labute approximate surface area is 159 Å². The Morgan fingerprint density at radius 2 is 1.69 bits per heavy atom. The van der Waals surface area contributed by atoms with Crippen molar-refractivity contribution < 1.29 is 4.79 Å². The Morgan fingerprint density at radius 1 is 1.04 bits per heavy atom. The number of benzene rings is 1. The van der Waals surface area contributed by atoms with Gasteiger partial charge in [-0.2, -0.15) is 0 Å². The van der Waals surface area contributed by atoms with Gasteiger partial charge in [-0.1, -0.05) is 57.5 Å². The van der Waals surface area contributed by atoms with Gasteiger partial charge >= 0.3 is 0 Å². The van der Waals surface area contributed by atoms with Gasteiger partial charge in [0.1, 0.15) is 0 Å². The highest BCUT2D eigenvalue weighted by molar-refractivity contribution is 6.04. The standard InChI is InChI=1S/C25H34O/c1-7-17(2)15-23(26)20-10-8-9-19(20)18-11-12-21-22(16-18)25(5,6)14-13-24(21,3)4/h7,11-12,16H,8-10,13-15H2,1-6H3. The van der Waals surface area contributed by atoms with E-state index < -0.39 is 0 Å². The lowest BCUT2D eigenvalue weighted by Crippen LogP contribution is -2.33. The number of hydrogen-bond acceptors (Lipinski definition) is 1. The van der Waals surface area contributed by atoms with Gasteiger partial charge in [-0.05, 0) is 84.6 Å². The molecule has 1 heteroatoms. The zero-order valence-electron chi connectivity index (χ0n) is 17.5. The van der Waals surface area contributed by atoms with Crippen molar-refractivity contribution in [3.63, 3.8) is 0 Å². The predicted octanol–water partition coefficient (Wildman–Crippen LogP) is 6.90. The van der Waals surface area contributed by atoms with Crippen LogP contribution in [0.3, 0.4) is 0 Å². The summed E-state index contributed by atoms with van der Waals surface area (Å²) in [7, 11) is 0. The minimum Gasteiger partial charge on any atom is -0.294 e. The van der Waals surface area contributed by atoms with Crippen LogP contribution >= 0.6 is 0 Å². The van der Waals surface area contributed by atoms with E-state index in [1.54, 1.807) is 0 Å². The third kappa shape index (κ3) is 3.46. The molecule has 0 fully saturated rings. The molecule has 1 aromatic carbocycles. The van der Waals surface area contributed by atoms with E-state index in [0.29, 0.717) is 12.2 Å². The molecule has 0 unspecified atom stereocenters. The van der Waals surface area contributed by atoms with Crippen molar-refractivity contribution in [2.45, 2.75) is 90.9 Å². The van der Waals surface area contributed by atoms with Gasteiger partial charge in [0, 0.05) is 6.42 Å². The summed E-state index contributed by atoms with van der Waals surface area (Å²) >= 11 is 0. The van der Waals surface area contributed by atoms with E-state index in [1.165, 1.54) is 40.7 Å². The average Bonchev–Trinajstić information content (AvgIpc) is 3.08. The first kappa shape index (κ1) is 19.1. The fraction of sp³-hybridized carbons (Fsp3) is 0.560. The van der Waals surface area contributed by atoms with Gasteiger partial charge in [0.15, 0.2) is 5.78 Å². The molecule has 0 N–H and O–H groups in total. The molecule has 0 atom stereocenters. The molecule has 0 bridgehead atoms. The SMILES string of the molecule is CC=C(C)CC(=O)C1=C(c2ccc3c(c2)C(C)(C)CCC3(C)C)CCC1. The zero-order chi connectivity index (χ0) is 19.1. The predicted molar refractivity (Wildman–Crippen MR) is 112 cm³/mol. The monoisotopic (exact) mass is 350 g/mol. The number of allylic oxidation sites excluding steroid dienone is 4. The van der Waals surface area contributed by atoms with Crippen molar-refractivity contribution in [3.8, 4) is 0 Å². The van der Waals surface area contributed by atoms with Crippen LogP contribution in [-0.2, 0) is 15.6 Å². The summed E-state index contributed by atoms with van der Waals surface area (Å²) in [5.74, 6) is 0.324. The largest absolute Gasteiger partial charge is 0.294 e. The molecule has 1 nitrogen and oxygen atoms in total. The van der Waals surface area contributed by atoms with E-state index in [2.05, 4.69) is 58.9 Å². The maximum absolute atomic E-state index is 12.8. The van der Waals surface area contributed by atoms with E-state index >= 15 is 0 Å². The highest BCUT2D eigenvalue weighted by Gasteiger charge is 2.37. The van der Waals surface area contributed by atoms with Crippen molar-refractivity contribution in [2.75, 3.05) is 0 Å². The molecule has 0 saturated heterocycles. The highest BCUT2D eigenvalue weighted by Crippen LogP contribution is 2.47. The number of Topliss-reactive ketones (excluding diaryl/α,β-unsaturated/α-hetero) is 1.